The Morgan fingerprint density at radius 1 is 1.10 bits per heavy atom. The number of rotatable bonds is 9. The van der Waals surface area contributed by atoms with Gasteiger partial charge in [0.1, 0.15) is 5.75 Å². The van der Waals surface area contributed by atoms with Crippen LogP contribution in [0.15, 0.2) is 73.1 Å². The molecule has 0 unspecified atom stereocenters. The third-order valence-electron chi connectivity index (χ3n) is 8.03. The number of hydrogen-bond donors (Lipinski definition) is 0. The van der Waals surface area contributed by atoms with Crippen LogP contribution in [0.5, 0.6) is 5.75 Å². The van der Waals surface area contributed by atoms with Crippen molar-refractivity contribution in [3.63, 3.8) is 0 Å². The molecule has 2 aliphatic rings. The molecule has 2 atom stereocenters. The van der Waals surface area contributed by atoms with E-state index in [9.17, 15) is 9.59 Å². The van der Waals surface area contributed by atoms with Crippen LogP contribution < -0.4 is 9.64 Å². The van der Waals surface area contributed by atoms with Gasteiger partial charge in [-0.1, -0.05) is 41.9 Å². The van der Waals surface area contributed by atoms with Gasteiger partial charge < -0.3 is 14.4 Å². The molecule has 0 saturated heterocycles. The minimum atomic E-state index is -0.356. The summed E-state index contributed by atoms with van der Waals surface area (Å²) in [6.07, 6.45) is 6.07. The zero-order valence-corrected chi connectivity index (χ0v) is 23.9. The summed E-state index contributed by atoms with van der Waals surface area (Å²) in [5.41, 5.74) is 6.80. The molecule has 7 nitrogen and oxygen atoms in total. The Hall–Kier alpha value is -4.10. The Morgan fingerprint density at radius 2 is 1.93 bits per heavy atom. The predicted octanol–water partition coefficient (Wildman–Crippen LogP) is 6.66. The zero-order valence-electron chi connectivity index (χ0n) is 23.2. The van der Waals surface area contributed by atoms with Crippen molar-refractivity contribution in [3.8, 4) is 16.9 Å². The van der Waals surface area contributed by atoms with E-state index in [-0.39, 0.29) is 11.9 Å². The fourth-order valence-corrected chi connectivity index (χ4v) is 5.94. The van der Waals surface area contributed by atoms with Crippen molar-refractivity contribution in [1.29, 1.82) is 0 Å². The highest BCUT2D eigenvalue weighted by molar-refractivity contribution is 6.31. The first-order chi connectivity index (χ1) is 19.9. The number of carbonyl (C=O) groups excluding carboxylic acids is 2. The number of hydrogen-bond acceptors (Lipinski definition) is 5. The Labute approximate surface area is 244 Å². The van der Waals surface area contributed by atoms with Crippen molar-refractivity contribution in [2.75, 3.05) is 25.2 Å². The maximum absolute atomic E-state index is 13.4. The second kappa shape index (κ2) is 11.4. The van der Waals surface area contributed by atoms with Gasteiger partial charge in [-0.3, -0.25) is 9.48 Å². The van der Waals surface area contributed by atoms with Crippen molar-refractivity contribution in [2.45, 2.75) is 38.6 Å². The summed E-state index contributed by atoms with van der Waals surface area (Å²) >= 11 is 6.20. The molecule has 1 amide bonds. The minimum Gasteiger partial charge on any atom is -0.493 e. The first kappa shape index (κ1) is 27.1. The number of aromatic nitrogens is 2. The normalized spacial score (nSPS) is 17.0. The van der Waals surface area contributed by atoms with Crippen LogP contribution in [0, 0.1) is 12.8 Å². The largest absolute Gasteiger partial charge is 0.493 e. The van der Waals surface area contributed by atoms with Crippen molar-refractivity contribution < 1.29 is 19.1 Å². The molecule has 210 valence electrons. The van der Waals surface area contributed by atoms with Crippen molar-refractivity contribution in [2.24, 2.45) is 5.92 Å². The highest BCUT2D eigenvalue weighted by Gasteiger charge is 2.47. The molecule has 2 heterocycles. The number of halogens is 1. The van der Waals surface area contributed by atoms with E-state index in [4.69, 9.17) is 21.1 Å². The van der Waals surface area contributed by atoms with E-state index in [0.29, 0.717) is 48.4 Å². The second-order valence-corrected chi connectivity index (χ2v) is 11.2. The highest BCUT2D eigenvalue weighted by Crippen LogP contribution is 2.57. The molecule has 1 fully saturated rings. The molecule has 0 N–H and O–H groups in total. The van der Waals surface area contributed by atoms with Crippen LogP contribution in [0.1, 0.15) is 52.2 Å². The third-order valence-corrected chi connectivity index (χ3v) is 8.44. The monoisotopic (exact) mass is 569 g/mol. The molecule has 4 aromatic rings. The van der Waals surface area contributed by atoms with E-state index >= 15 is 0 Å². The molecule has 3 aromatic carbocycles. The SMILES string of the molecule is COC(=O)c1cccc(Cn2cc(-c3cccc4c3[C@H]3C[C@H]3CN4C(=O)CCCOc3cccc(Cl)c3C)cn2)c1. The summed E-state index contributed by atoms with van der Waals surface area (Å²) in [7, 11) is 1.38. The van der Waals surface area contributed by atoms with Crippen LogP contribution in [0.2, 0.25) is 5.02 Å². The first-order valence-corrected chi connectivity index (χ1v) is 14.3. The highest BCUT2D eigenvalue weighted by atomic mass is 35.5. The lowest BCUT2D eigenvalue weighted by molar-refractivity contribution is -0.119. The molecular formula is C33H32ClN3O4. The molecule has 0 spiro atoms. The number of fused-ring (bicyclic) bond motifs is 3. The summed E-state index contributed by atoms with van der Waals surface area (Å²) in [4.78, 5) is 27.3. The Kier molecular flexibility index (Phi) is 7.54. The average Bonchev–Trinajstić information content (AvgIpc) is 3.64. The molecule has 0 bridgehead atoms. The lowest BCUT2D eigenvalue weighted by Crippen LogP contribution is -2.36. The summed E-state index contributed by atoms with van der Waals surface area (Å²) in [5.74, 6) is 1.50. The van der Waals surface area contributed by atoms with E-state index in [1.807, 2.05) is 71.4 Å². The molecule has 1 aromatic heterocycles. The predicted molar refractivity (Wildman–Crippen MR) is 159 cm³/mol. The van der Waals surface area contributed by atoms with Crippen molar-refractivity contribution in [3.05, 3.63) is 100 Å². The lowest BCUT2D eigenvalue weighted by atomic mass is 9.92. The van der Waals surface area contributed by atoms with Crippen molar-refractivity contribution in [1.82, 2.24) is 9.78 Å². The van der Waals surface area contributed by atoms with Crippen LogP contribution >= 0.6 is 11.6 Å². The van der Waals surface area contributed by atoms with Gasteiger partial charge in [-0.15, -0.1) is 0 Å². The number of benzene rings is 3. The summed E-state index contributed by atoms with van der Waals surface area (Å²) in [6, 6.07) is 19.2. The van der Waals surface area contributed by atoms with Crippen molar-refractivity contribution >= 4 is 29.2 Å². The lowest BCUT2D eigenvalue weighted by Gasteiger charge is -2.30. The molecule has 41 heavy (non-hydrogen) atoms. The zero-order chi connectivity index (χ0) is 28.5. The standard InChI is InChI=1S/C33H32ClN3O4/c1-21-28(34)10-5-12-30(21)41-14-6-13-31(38)37-20-24-16-27(24)32-26(9-4-11-29(32)37)25-17-35-36(19-25)18-22-7-3-8-23(15-22)33(39)40-2/h3-5,7-12,15,17,19,24,27H,6,13-14,16,18,20H2,1-2H3/t24-,27-/m0/s1. The number of methoxy groups -OCH3 is 1. The van der Waals surface area contributed by atoms with E-state index < -0.39 is 0 Å². The number of nitrogens with zero attached hydrogens (tertiary/aromatic N) is 3. The summed E-state index contributed by atoms with van der Waals surface area (Å²) < 4.78 is 12.6. The van der Waals surface area contributed by atoms with Gasteiger partial charge in [0, 0.05) is 41.0 Å². The maximum atomic E-state index is 13.4. The van der Waals surface area contributed by atoms with Gasteiger partial charge in [0.25, 0.3) is 0 Å². The second-order valence-electron chi connectivity index (χ2n) is 10.8. The van der Waals surface area contributed by atoms with Crippen LogP contribution in [0.3, 0.4) is 0 Å². The van der Waals surface area contributed by atoms with Gasteiger partial charge in [-0.25, -0.2) is 4.79 Å². The molecule has 1 aliphatic carbocycles. The van der Waals surface area contributed by atoms with Gasteiger partial charge in [0.15, 0.2) is 0 Å². The molecular weight excluding hydrogens is 538 g/mol. The average molecular weight is 570 g/mol. The molecule has 8 heteroatoms. The topological polar surface area (TPSA) is 73.7 Å². The van der Waals surface area contributed by atoms with Crippen LogP contribution in [-0.2, 0) is 16.1 Å². The van der Waals surface area contributed by atoms with Crippen LogP contribution in [0.4, 0.5) is 5.69 Å². The van der Waals surface area contributed by atoms with E-state index in [1.165, 1.54) is 12.7 Å². The van der Waals surface area contributed by atoms with Gasteiger partial charge in [0.05, 0.1) is 32.0 Å². The number of anilines is 1. The van der Waals surface area contributed by atoms with Gasteiger partial charge >= 0.3 is 5.97 Å². The Balaban J connectivity index is 1.16. The molecule has 1 aliphatic heterocycles. The Morgan fingerprint density at radius 3 is 2.78 bits per heavy atom. The summed E-state index contributed by atoms with van der Waals surface area (Å²) in [5, 5.41) is 5.29. The number of ether oxygens (including phenoxy) is 2. The third kappa shape index (κ3) is 5.59. The van der Waals surface area contributed by atoms with E-state index in [2.05, 4.69) is 17.2 Å². The van der Waals surface area contributed by atoms with Gasteiger partial charge in [0.2, 0.25) is 5.91 Å². The fourth-order valence-electron chi connectivity index (χ4n) is 5.78. The fraction of sp³-hybridized carbons (Fsp3) is 0.303. The number of carbonyl (C=O) groups is 2. The smallest absolute Gasteiger partial charge is 0.337 e. The minimum absolute atomic E-state index is 0.126. The molecule has 6 rings (SSSR count). The molecule has 0 radical (unpaired) electrons. The van der Waals surface area contributed by atoms with Gasteiger partial charge in [-0.05, 0) is 78.6 Å². The van der Waals surface area contributed by atoms with Crippen LogP contribution in [-0.4, -0.2) is 41.9 Å². The van der Waals surface area contributed by atoms with E-state index in [0.717, 1.165) is 46.7 Å². The first-order valence-electron chi connectivity index (χ1n) is 13.9. The maximum Gasteiger partial charge on any atom is 0.337 e. The number of esters is 1. The van der Waals surface area contributed by atoms with Gasteiger partial charge in [-0.2, -0.15) is 5.10 Å². The summed E-state index contributed by atoms with van der Waals surface area (Å²) in [6.45, 7) is 3.70. The van der Waals surface area contributed by atoms with E-state index in [1.54, 1.807) is 6.07 Å². The quantitative estimate of drug-likeness (QED) is 0.166. The Bertz CT molecular complexity index is 1610. The van der Waals surface area contributed by atoms with Crippen LogP contribution in [0.25, 0.3) is 11.1 Å². The molecule has 1 saturated carbocycles. The number of amides is 1.